The standard InChI is InChI=1S/C19H26N4O2/c1-14(2)19-21-20-17(25-19)9-10-18(24)23-12-11-22(3)16(13-23)15-7-5-4-6-8-15/h4-8,14,16H,9-13H2,1-3H3/t16-/m0/s1. The molecule has 1 aliphatic rings. The van der Waals surface area contributed by atoms with Crippen molar-refractivity contribution in [1.82, 2.24) is 20.0 Å². The number of aryl methyl sites for hydroxylation is 1. The van der Waals surface area contributed by atoms with Gasteiger partial charge in [0.05, 0.1) is 6.04 Å². The molecule has 1 fully saturated rings. The number of carbonyl (C=O) groups is 1. The Morgan fingerprint density at radius 2 is 2.00 bits per heavy atom. The molecule has 134 valence electrons. The van der Waals surface area contributed by atoms with Gasteiger partial charge in [-0.25, -0.2) is 0 Å². The third kappa shape index (κ3) is 4.25. The van der Waals surface area contributed by atoms with Crippen LogP contribution in [0.1, 0.15) is 49.6 Å². The van der Waals surface area contributed by atoms with Gasteiger partial charge in [-0.15, -0.1) is 10.2 Å². The van der Waals surface area contributed by atoms with Crippen LogP contribution in [-0.2, 0) is 11.2 Å². The van der Waals surface area contributed by atoms with Gasteiger partial charge in [-0.2, -0.15) is 0 Å². The topological polar surface area (TPSA) is 62.5 Å². The number of aromatic nitrogens is 2. The van der Waals surface area contributed by atoms with Crippen molar-refractivity contribution in [3.05, 3.63) is 47.7 Å². The molecule has 0 saturated carbocycles. The number of likely N-dealkylation sites (N-methyl/N-ethyl adjacent to an activating group) is 1. The van der Waals surface area contributed by atoms with E-state index in [1.165, 1.54) is 5.56 Å². The van der Waals surface area contributed by atoms with Crippen LogP contribution in [0.25, 0.3) is 0 Å². The Hall–Kier alpha value is -2.21. The van der Waals surface area contributed by atoms with Gasteiger partial charge in [0.2, 0.25) is 17.7 Å². The van der Waals surface area contributed by atoms with Crippen LogP contribution in [0.4, 0.5) is 0 Å². The number of amides is 1. The minimum Gasteiger partial charge on any atom is -0.425 e. The Labute approximate surface area is 148 Å². The average Bonchev–Trinajstić information content (AvgIpc) is 3.10. The molecule has 3 rings (SSSR count). The maximum atomic E-state index is 12.6. The van der Waals surface area contributed by atoms with E-state index in [0.717, 1.165) is 19.6 Å². The summed E-state index contributed by atoms with van der Waals surface area (Å²) < 4.78 is 5.59. The number of hydrogen-bond donors (Lipinski definition) is 0. The second-order valence-corrected chi connectivity index (χ2v) is 6.94. The predicted octanol–water partition coefficient (Wildman–Crippen LogP) is 2.64. The zero-order chi connectivity index (χ0) is 17.8. The van der Waals surface area contributed by atoms with Gasteiger partial charge in [0.1, 0.15) is 0 Å². The first-order chi connectivity index (χ1) is 12.0. The molecule has 25 heavy (non-hydrogen) atoms. The lowest BCUT2D eigenvalue weighted by Crippen LogP contribution is -2.49. The molecule has 6 heteroatoms. The summed E-state index contributed by atoms with van der Waals surface area (Å²) in [6.45, 7) is 6.39. The molecule has 1 aliphatic heterocycles. The lowest BCUT2D eigenvalue weighted by Gasteiger charge is -2.39. The van der Waals surface area contributed by atoms with Crippen LogP contribution in [0, 0.1) is 0 Å². The first-order valence-corrected chi connectivity index (χ1v) is 8.90. The molecule has 0 unspecified atom stereocenters. The lowest BCUT2D eigenvalue weighted by atomic mass is 10.0. The molecule has 2 heterocycles. The van der Waals surface area contributed by atoms with Gasteiger partial charge in [-0.3, -0.25) is 9.69 Å². The van der Waals surface area contributed by atoms with Gasteiger partial charge in [-0.05, 0) is 12.6 Å². The van der Waals surface area contributed by atoms with Gasteiger partial charge >= 0.3 is 0 Å². The highest BCUT2D eigenvalue weighted by Crippen LogP contribution is 2.24. The van der Waals surface area contributed by atoms with E-state index < -0.39 is 0 Å². The maximum absolute atomic E-state index is 12.6. The molecule has 1 saturated heterocycles. The van der Waals surface area contributed by atoms with Crippen molar-refractivity contribution in [2.45, 2.75) is 38.6 Å². The molecule has 0 bridgehead atoms. The zero-order valence-corrected chi connectivity index (χ0v) is 15.2. The fourth-order valence-electron chi connectivity index (χ4n) is 3.11. The summed E-state index contributed by atoms with van der Waals surface area (Å²) in [6.07, 6.45) is 0.909. The van der Waals surface area contributed by atoms with Crippen LogP contribution in [0.2, 0.25) is 0 Å². The van der Waals surface area contributed by atoms with Crippen LogP contribution in [0.5, 0.6) is 0 Å². The average molecular weight is 342 g/mol. The van der Waals surface area contributed by atoms with E-state index in [1.54, 1.807) is 0 Å². The van der Waals surface area contributed by atoms with Crippen LogP contribution in [0.3, 0.4) is 0 Å². The van der Waals surface area contributed by atoms with Gasteiger partial charge in [0, 0.05) is 38.4 Å². The number of hydrogen-bond acceptors (Lipinski definition) is 5. The minimum atomic E-state index is 0.151. The van der Waals surface area contributed by atoms with Gasteiger partial charge in [0.25, 0.3) is 0 Å². The molecule has 1 amide bonds. The number of carbonyl (C=O) groups excluding carboxylic acids is 1. The molecule has 0 aliphatic carbocycles. The quantitative estimate of drug-likeness (QED) is 0.836. The van der Waals surface area contributed by atoms with Crippen LogP contribution < -0.4 is 0 Å². The SMILES string of the molecule is CC(C)c1nnc(CCC(=O)N2CCN(C)[C@H](c3ccccc3)C2)o1. The molecular formula is C19H26N4O2. The van der Waals surface area contributed by atoms with Crippen molar-refractivity contribution in [3.8, 4) is 0 Å². The Balaban J connectivity index is 1.58. The van der Waals surface area contributed by atoms with E-state index in [9.17, 15) is 4.79 Å². The summed E-state index contributed by atoms with van der Waals surface area (Å²) >= 11 is 0. The van der Waals surface area contributed by atoms with E-state index in [2.05, 4.69) is 34.3 Å². The van der Waals surface area contributed by atoms with Crippen molar-refractivity contribution in [2.24, 2.45) is 0 Å². The first kappa shape index (κ1) is 17.6. The second kappa shape index (κ2) is 7.78. The van der Waals surface area contributed by atoms with Crippen molar-refractivity contribution in [2.75, 3.05) is 26.7 Å². The largest absolute Gasteiger partial charge is 0.425 e. The third-order valence-corrected chi connectivity index (χ3v) is 4.71. The van der Waals surface area contributed by atoms with Crippen molar-refractivity contribution in [3.63, 3.8) is 0 Å². The fourth-order valence-corrected chi connectivity index (χ4v) is 3.11. The zero-order valence-electron chi connectivity index (χ0n) is 15.2. The number of benzene rings is 1. The summed E-state index contributed by atoms with van der Waals surface area (Å²) in [7, 11) is 2.12. The van der Waals surface area contributed by atoms with E-state index in [0.29, 0.717) is 24.6 Å². The predicted molar refractivity (Wildman–Crippen MR) is 95.1 cm³/mol. The molecule has 1 aromatic heterocycles. The highest BCUT2D eigenvalue weighted by molar-refractivity contribution is 5.76. The fraction of sp³-hybridized carbons (Fsp3) is 0.526. The van der Waals surface area contributed by atoms with Crippen molar-refractivity contribution < 1.29 is 9.21 Å². The van der Waals surface area contributed by atoms with Gasteiger partial charge in [-0.1, -0.05) is 44.2 Å². The smallest absolute Gasteiger partial charge is 0.223 e. The Kier molecular flexibility index (Phi) is 5.48. The van der Waals surface area contributed by atoms with Crippen LogP contribution >= 0.6 is 0 Å². The Morgan fingerprint density at radius 1 is 1.24 bits per heavy atom. The summed E-state index contributed by atoms with van der Waals surface area (Å²) in [5.74, 6) is 1.54. The van der Waals surface area contributed by atoms with Gasteiger partial charge in [0.15, 0.2) is 0 Å². The second-order valence-electron chi connectivity index (χ2n) is 6.94. The molecule has 1 atom stereocenters. The van der Waals surface area contributed by atoms with Gasteiger partial charge < -0.3 is 9.32 Å². The third-order valence-electron chi connectivity index (χ3n) is 4.71. The Morgan fingerprint density at radius 3 is 2.68 bits per heavy atom. The molecular weight excluding hydrogens is 316 g/mol. The van der Waals surface area contributed by atoms with Crippen molar-refractivity contribution in [1.29, 1.82) is 0 Å². The minimum absolute atomic E-state index is 0.151. The molecule has 6 nitrogen and oxygen atoms in total. The summed E-state index contributed by atoms with van der Waals surface area (Å²) in [5, 5.41) is 8.05. The van der Waals surface area contributed by atoms with E-state index >= 15 is 0 Å². The van der Waals surface area contributed by atoms with Crippen molar-refractivity contribution >= 4 is 5.91 Å². The molecule has 1 aromatic carbocycles. The van der Waals surface area contributed by atoms with Crippen LogP contribution in [-0.4, -0.2) is 52.6 Å². The Bertz CT molecular complexity index is 698. The highest BCUT2D eigenvalue weighted by atomic mass is 16.4. The summed E-state index contributed by atoms with van der Waals surface area (Å²) in [5.41, 5.74) is 1.25. The number of piperazine rings is 1. The maximum Gasteiger partial charge on any atom is 0.223 e. The molecule has 0 N–H and O–H groups in total. The summed E-state index contributed by atoms with van der Waals surface area (Å²) in [6, 6.07) is 10.6. The summed E-state index contributed by atoms with van der Waals surface area (Å²) in [4.78, 5) is 16.9. The molecule has 2 aromatic rings. The molecule has 0 radical (unpaired) electrons. The monoisotopic (exact) mass is 342 g/mol. The van der Waals surface area contributed by atoms with E-state index in [-0.39, 0.29) is 17.9 Å². The normalized spacial score (nSPS) is 18.7. The highest BCUT2D eigenvalue weighted by Gasteiger charge is 2.28. The number of rotatable bonds is 5. The molecule has 0 spiro atoms. The van der Waals surface area contributed by atoms with Crippen LogP contribution in [0.15, 0.2) is 34.7 Å². The number of nitrogens with zero attached hydrogens (tertiary/aromatic N) is 4. The first-order valence-electron chi connectivity index (χ1n) is 8.90. The van der Waals surface area contributed by atoms with E-state index in [4.69, 9.17) is 4.42 Å². The lowest BCUT2D eigenvalue weighted by molar-refractivity contribution is -0.134. The van der Waals surface area contributed by atoms with E-state index in [1.807, 2.05) is 36.9 Å².